The first kappa shape index (κ1) is 8.89. The van der Waals surface area contributed by atoms with Crippen molar-refractivity contribution in [2.75, 3.05) is 7.11 Å². The molecule has 0 saturated heterocycles. The molecule has 0 aliphatic carbocycles. The van der Waals surface area contributed by atoms with Gasteiger partial charge in [-0.2, -0.15) is 0 Å². The maximum Gasteiger partial charge on any atom is 0.364 e. The van der Waals surface area contributed by atoms with Crippen molar-refractivity contribution in [3.8, 4) is 0 Å². The smallest absolute Gasteiger partial charge is 0.364 e. The number of nitrogens with two attached hydrogens (primary N) is 1. The summed E-state index contributed by atoms with van der Waals surface area (Å²) in [5.41, 5.74) is 4.54. The highest BCUT2D eigenvalue weighted by atomic mass is 16.5. The Morgan fingerprint density at radius 1 is 1.92 bits per heavy atom. The Labute approximate surface area is 70.3 Å². The van der Waals surface area contributed by atoms with Gasteiger partial charge in [0.2, 0.25) is 0 Å². The van der Waals surface area contributed by atoms with Gasteiger partial charge in [0, 0.05) is 0 Å². The van der Waals surface area contributed by atoms with Gasteiger partial charge >= 0.3 is 5.97 Å². The van der Waals surface area contributed by atoms with E-state index in [4.69, 9.17) is 0 Å². The molecule has 1 rings (SSSR count). The number of aliphatic imine (C=N–C) groups is 1. The van der Waals surface area contributed by atoms with E-state index in [2.05, 4.69) is 15.5 Å². The molecule has 1 aliphatic rings. The molecule has 0 saturated carbocycles. The minimum Gasteiger partial charge on any atom is -0.465 e. The Balaban J connectivity index is 2.40. The molecule has 1 unspecified atom stereocenters. The predicted octanol–water partition coefficient (Wildman–Crippen LogP) is -2.39. The fourth-order valence-corrected chi connectivity index (χ4v) is 0.959. The van der Waals surface area contributed by atoms with Crippen LogP contribution in [0.25, 0.3) is 0 Å². The molecule has 0 aromatic heterocycles. The first-order chi connectivity index (χ1) is 5.74. The molecular weight excluding hydrogens is 158 g/mol. The normalized spacial score (nSPS) is 17.3. The number of rotatable bonds is 3. The standard InChI is InChI=1S/C7H11N3O2/c1-12-7(11)6(8)2-5-3-9-4-10-5/h3-4,6H,2,8H2,1H3,(H,9,10)/p+2. The van der Waals surface area contributed by atoms with E-state index in [1.165, 1.54) is 7.11 Å². The summed E-state index contributed by atoms with van der Waals surface area (Å²) in [5, 5.41) is 1.83. The average molecular weight is 171 g/mol. The lowest BCUT2D eigenvalue weighted by Crippen LogP contribution is -2.74. The Bertz CT molecular complexity index is 235. The molecule has 1 heterocycles. The van der Waals surface area contributed by atoms with Crippen LogP contribution < -0.4 is 11.1 Å². The van der Waals surface area contributed by atoms with Crippen molar-refractivity contribution in [3.63, 3.8) is 0 Å². The third kappa shape index (κ3) is 2.14. The molecule has 0 amide bonds. The lowest BCUT2D eigenvalue weighted by molar-refractivity contribution is -0.448. The summed E-state index contributed by atoms with van der Waals surface area (Å²) in [4.78, 5) is 15.0. The van der Waals surface area contributed by atoms with Gasteiger partial charge in [-0.1, -0.05) is 0 Å². The predicted molar refractivity (Wildman–Crippen MR) is 41.8 cm³/mol. The zero-order chi connectivity index (χ0) is 8.97. The zero-order valence-corrected chi connectivity index (χ0v) is 6.99. The Morgan fingerprint density at radius 2 is 2.67 bits per heavy atom. The lowest BCUT2D eigenvalue weighted by atomic mass is 10.2. The number of esters is 1. The van der Waals surface area contributed by atoms with Gasteiger partial charge in [-0.05, 0) is 0 Å². The monoisotopic (exact) mass is 171 g/mol. The summed E-state index contributed by atoms with van der Waals surface area (Å²) >= 11 is 0. The van der Waals surface area contributed by atoms with E-state index in [-0.39, 0.29) is 12.0 Å². The Kier molecular flexibility index (Phi) is 2.95. The molecule has 5 heteroatoms. The van der Waals surface area contributed by atoms with Crippen LogP contribution in [0.4, 0.5) is 0 Å². The molecule has 0 aromatic carbocycles. The number of carbonyl (C=O) groups excluding carboxylic acids is 1. The van der Waals surface area contributed by atoms with Crippen molar-refractivity contribution in [1.82, 2.24) is 0 Å². The first-order valence-corrected chi connectivity index (χ1v) is 3.71. The van der Waals surface area contributed by atoms with Gasteiger partial charge in [0.15, 0.2) is 12.4 Å². The molecule has 0 radical (unpaired) electrons. The van der Waals surface area contributed by atoms with Crippen LogP contribution in [-0.2, 0) is 9.53 Å². The van der Waals surface area contributed by atoms with E-state index >= 15 is 0 Å². The van der Waals surface area contributed by atoms with E-state index in [1.807, 2.05) is 11.5 Å². The van der Waals surface area contributed by atoms with E-state index in [0.29, 0.717) is 6.42 Å². The zero-order valence-electron chi connectivity index (χ0n) is 6.99. The number of hydrogen-bond acceptors (Lipinski definition) is 3. The SMILES string of the molecule is COC(=O)C([NH3+])CC1=C[NH2+]C=N1. The second kappa shape index (κ2) is 3.99. The van der Waals surface area contributed by atoms with Crippen LogP contribution in [0.1, 0.15) is 6.42 Å². The average Bonchev–Trinajstić information content (AvgIpc) is 2.55. The van der Waals surface area contributed by atoms with Gasteiger partial charge in [-0.25, -0.2) is 9.79 Å². The number of nitrogens with zero attached hydrogens (tertiary/aromatic N) is 1. The van der Waals surface area contributed by atoms with Crippen molar-refractivity contribution in [1.29, 1.82) is 0 Å². The highest BCUT2D eigenvalue weighted by Gasteiger charge is 2.20. The fourth-order valence-electron chi connectivity index (χ4n) is 0.959. The van der Waals surface area contributed by atoms with Gasteiger partial charge in [0.05, 0.1) is 13.5 Å². The summed E-state index contributed by atoms with van der Waals surface area (Å²) in [7, 11) is 1.36. The first-order valence-electron chi connectivity index (χ1n) is 3.71. The van der Waals surface area contributed by atoms with E-state index < -0.39 is 0 Å². The summed E-state index contributed by atoms with van der Waals surface area (Å²) in [5.74, 6) is -0.294. The van der Waals surface area contributed by atoms with Crippen molar-refractivity contribution in [3.05, 3.63) is 11.9 Å². The molecular formula is C7H13N3O2+2. The maximum atomic E-state index is 10.9. The molecule has 0 aromatic rings. The summed E-state index contributed by atoms with van der Waals surface area (Å²) < 4.78 is 4.53. The highest BCUT2D eigenvalue weighted by molar-refractivity contribution is 5.74. The van der Waals surface area contributed by atoms with Crippen LogP contribution in [0.2, 0.25) is 0 Å². The van der Waals surface area contributed by atoms with Crippen LogP contribution in [-0.4, -0.2) is 25.5 Å². The number of quaternary nitrogens is 2. The molecule has 5 N–H and O–H groups in total. The molecule has 12 heavy (non-hydrogen) atoms. The van der Waals surface area contributed by atoms with Crippen molar-refractivity contribution >= 4 is 12.3 Å². The molecule has 5 nitrogen and oxygen atoms in total. The van der Waals surface area contributed by atoms with Gasteiger partial charge in [-0.15, -0.1) is 0 Å². The topological polar surface area (TPSA) is 82.9 Å². The minimum atomic E-state index is -0.357. The summed E-state index contributed by atoms with van der Waals surface area (Å²) in [6.07, 6.45) is 4.10. The third-order valence-electron chi connectivity index (χ3n) is 1.61. The van der Waals surface area contributed by atoms with E-state index in [1.54, 1.807) is 6.34 Å². The Hall–Kier alpha value is -1.20. The third-order valence-corrected chi connectivity index (χ3v) is 1.61. The number of ether oxygens (including phenoxy) is 1. The number of methoxy groups -OCH3 is 1. The highest BCUT2D eigenvalue weighted by Crippen LogP contribution is 2.04. The molecule has 1 aliphatic heterocycles. The molecule has 0 bridgehead atoms. The quantitative estimate of drug-likeness (QED) is 0.464. The second-order valence-electron chi connectivity index (χ2n) is 2.55. The van der Waals surface area contributed by atoms with Gasteiger partial charge in [0.1, 0.15) is 11.9 Å². The minimum absolute atomic E-state index is 0.294. The van der Waals surface area contributed by atoms with Gasteiger partial charge in [0.25, 0.3) is 0 Å². The van der Waals surface area contributed by atoms with Crippen LogP contribution in [0.3, 0.4) is 0 Å². The number of hydrogen-bond donors (Lipinski definition) is 2. The fraction of sp³-hybridized carbons (Fsp3) is 0.429. The molecule has 0 fully saturated rings. The molecule has 66 valence electrons. The van der Waals surface area contributed by atoms with Crippen LogP contribution in [0.5, 0.6) is 0 Å². The van der Waals surface area contributed by atoms with E-state index in [0.717, 1.165) is 5.70 Å². The summed E-state index contributed by atoms with van der Waals surface area (Å²) in [6.45, 7) is 0. The van der Waals surface area contributed by atoms with Crippen LogP contribution >= 0.6 is 0 Å². The van der Waals surface area contributed by atoms with Gasteiger partial charge < -0.3 is 10.5 Å². The molecule has 1 atom stereocenters. The van der Waals surface area contributed by atoms with Crippen molar-refractivity contribution < 1.29 is 20.6 Å². The van der Waals surface area contributed by atoms with E-state index in [9.17, 15) is 4.79 Å². The van der Waals surface area contributed by atoms with Crippen molar-refractivity contribution in [2.24, 2.45) is 4.99 Å². The molecule has 0 spiro atoms. The number of carbonyl (C=O) groups is 1. The lowest BCUT2D eigenvalue weighted by Gasteiger charge is -2.02. The van der Waals surface area contributed by atoms with Crippen LogP contribution in [0, 0.1) is 0 Å². The largest absolute Gasteiger partial charge is 0.465 e. The van der Waals surface area contributed by atoms with Gasteiger partial charge in [-0.3, -0.25) is 5.32 Å². The van der Waals surface area contributed by atoms with Crippen LogP contribution in [0.15, 0.2) is 16.9 Å². The Morgan fingerprint density at radius 3 is 3.17 bits per heavy atom. The second-order valence-corrected chi connectivity index (χ2v) is 2.55. The van der Waals surface area contributed by atoms with Crippen molar-refractivity contribution in [2.45, 2.75) is 12.5 Å². The summed E-state index contributed by atoms with van der Waals surface area (Å²) in [6, 6.07) is -0.357. The maximum absolute atomic E-state index is 10.9.